The second kappa shape index (κ2) is 4.04. The first-order chi connectivity index (χ1) is 7.87. The van der Waals surface area contributed by atoms with Gasteiger partial charge in [-0.3, -0.25) is 4.79 Å². The quantitative estimate of drug-likeness (QED) is 0.842. The number of aryl methyl sites for hydroxylation is 1. The molecule has 0 radical (unpaired) electrons. The second-order valence-corrected chi connectivity index (χ2v) is 5.23. The summed E-state index contributed by atoms with van der Waals surface area (Å²) in [6.45, 7) is 6.39. The Bertz CT molecular complexity index is 449. The third-order valence-corrected chi connectivity index (χ3v) is 2.62. The van der Waals surface area contributed by atoms with Crippen LogP contribution in [0.2, 0.25) is 0 Å². The zero-order valence-corrected chi connectivity index (χ0v) is 10.5. The predicted octanol–water partition coefficient (Wildman–Crippen LogP) is 1.46. The van der Waals surface area contributed by atoms with E-state index in [9.17, 15) is 4.79 Å². The van der Waals surface area contributed by atoms with Crippen LogP contribution in [-0.2, 0) is 4.79 Å². The lowest BCUT2D eigenvalue weighted by molar-refractivity contribution is -0.121. The molecule has 0 aliphatic carbocycles. The molecule has 0 spiro atoms. The van der Waals surface area contributed by atoms with E-state index >= 15 is 0 Å². The fraction of sp³-hybridized carbons (Fsp3) is 0.462. The summed E-state index contributed by atoms with van der Waals surface area (Å²) in [5, 5.41) is 0. The van der Waals surface area contributed by atoms with Crippen LogP contribution in [0, 0.1) is 6.92 Å². The number of rotatable bonds is 2. The zero-order valence-electron chi connectivity index (χ0n) is 10.5. The Kier molecular flexibility index (Phi) is 2.83. The van der Waals surface area contributed by atoms with Crippen LogP contribution < -0.4 is 15.4 Å². The molecule has 1 heterocycles. The third-order valence-electron chi connectivity index (χ3n) is 2.62. The molecular weight excluding hydrogens is 216 g/mol. The molecule has 4 nitrogen and oxygen atoms in total. The van der Waals surface area contributed by atoms with E-state index in [4.69, 9.17) is 10.5 Å². The van der Waals surface area contributed by atoms with Crippen molar-refractivity contribution in [3.8, 4) is 5.75 Å². The Morgan fingerprint density at radius 1 is 1.47 bits per heavy atom. The number of carbonyl (C=O) groups is 1. The molecule has 17 heavy (non-hydrogen) atoms. The van der Waals surface area contributed by atoms with Crippen molar-refractivity contribution in [3.05, 3.63) is 23.8 Å². The van der Waals surface area contributed by atoms with Gasteiger partial charge in [-0.05, 0) is 38.5 Å². The fourth-order valence-corrected chi connectivity index (χ4v) is 1.89. The highest BCUT2D eigenvalue weighted by Gasteiger charge is 2.29. The molecule has 2 N–H and O–H groups in total. The summed E-state index contributed by atoms with van der Waals surface area (Å²) < 4.78 is 5.43. The van der Waals surface area contributed by atoms with Crippen molar-refractivity contribution in [2.24, 2.45) is 5.73 Å². The Morgan fingerprint density at radius 2 is 2.18 bits per heavy atom. The van der Waals surface area contributed by atoms with Gasteiger partial charge in [-0.1, -0.05) is 6.07 Å². The smallest absolute Gasteiger partial charge is 0.265 e. The number of amides is 1. The molecule has 1 aromatic rings. The summed E-state index contributed by atoms with van der Waals surface area (Å²) in [6, 6.07) is 5.82. The Hall–Kier alpha value is -1.55. The van der Waals surface area contributed by atoms with E-state index in [1.54, 1.807) is 4.90 Å². The van der Waals surface area contributed by atoms with Gasteiger partial charge in [0.15, 0.2) is 6.61 Å². The first kappa shape index (κ1) is 11.9. The van der Waals surface area contributed by atoms with Crippen molar-refractivity contribution < 1.29 is 9.53 Å². The Balaban J connectivity index is 2.37. The molecular formula is C13H18N2O2. The number of carbonyl (C=O) groups excluding carboxylic acids is 1. The fourth-order valence-electron chi connectivity index (χ4n) is 1.89. The Morgan fingerprint density at radius 3 is 2.82 bits per heavy atom. The number of fused-ring (bicyclic) bond motifs is 1. The van der Waals surface area contributed by atoms with Crippen molar-refractivity contribution in [1.82, 2.24) is 0 Å². The van der Waals surface area contributed by atoms with Crippen molar-refractivity contribution in [2.75, 3.05) is 18.1 Å². The second-order valence-electron chi connectivity index (χ2n) is 5.23. The molecule has 0 bridgehead atoms. The number of nitrogens with two attached hydrogens (primary N) is 1. The highest BCUT2D eigenvalue weighted by molar-refractivity contribution is 5.98. The molecule has 1 amide bonds. The average molecular weight is 234 g/mol. The summed E-state index contributed by atoms with van der Waals surface area (Å²) >= 11 is 0. The van der Waals surface area contributed by atoms with Crippen molar-refractivity contribution in [2.45, 2.75) is 26.3 Å². The maximum Gasteiger partial charge on any atom is 0.265 e. The molecule has 2 rings (SSSR count). The van der Waals surface area contributed by atoms with Gasteiger partial charge in [0.05, 0.1) is 5.69 Å². The van der Waals surface area contributed by atoms with Crippen LogP contribution in [0.1, 0.15) is 19.4 Å². The highest BCUT2D eigenvalue weighted by Crippen LogP contribution is 2.33. The zero-order chi connectivity index (χ0) is 12.6. The molecule has 0 saturated heterocycles. The highest BCUT2D eigenvalue weighted by atomic mass is 16.5. The minimum Gasteiger partial charge on any atom is -0.482 e. The van der Waals surface area contributed by atoms with E-state index in [1.165, 1.54) is 0 Å². The van der Waals surface area contributed by atoms with Gasteiger partial charge in [-0.2, -0.15) is 0 Å². The topological polar surface area (TPSA) is 55.6 Å². The number of hydrogen-bond donors (Lipinski definition) is 1. The monoisotopic (exact) mass is 234 g/mol. The van der Waals surface area contributed by atoms with Crippen LogP contribution in [0.4, 0.5) is 5.69 Å². The lowest BCUT2D eigenvalue weighted by Gasteiger charge is -2.34. The van der Waals surface area contributed by atoms with Gasteiger partial charge < -0.3 is 15.4 Å². The maximum atomic E-state index is 11.9. The molecule has 1 aliphatic heterocycles. The molecule has 0 aromatic heterocycles. The SMILES string of the molecule is Cc1ccc2c(c1)OCC(=O)N2CC(C)(C)N. The third kappa shape index (κ3) is 2.58. The largest absolute Gasteiger partial charge is 0.482 e. The van der Waals surface area contributed by atoms with Crippen LogP contribution >= 0.6 is 0 Å². The van der Waals surface area contributed by atoms with Crippen LogP contribution in [0.15, 0.2) is 18.2 Å². The van der Waals surface area contributed by atoms with Gasteiger partial charge in [0.1, 0.15) is 5.75 Å². The number of nitrogens with zero attached hydrogens (tertiary/aromatic N) is 1. The predicted molar refractivity (Wildman–Crippen MR) is 67.3 cm³/mol. The van der Waals surface area contributed by atoms with Gasteiger partial charge >= 0.3 is 0 Å². The first-order valence-electron chi connectivity index (χ1n) is 5.69. The van der Waals surface area contributed by atoms with Crippen LogP contribution in [0.5, 0.6) is 5.75 Å². The van der Waals surface area contributed by atoms with E-state index in [0.717, 1.165) is 17.0 Å². The number of benzene rings is 1. The number of anilines is 1. The molecule has 0 unspecified atom stereocenters. The minimum absolute atomic E-state index is 0.0418. The summed E-state index contributed by atoms with van der Waals surface area (Å²) in [7, 11) is 0. The standard InChI is InChI=1S/C13H18N2O2/c1-9-4-5-10-11(6-9)17-7-12(16)15(10)8-13(2,3)14/h4-6H,7-8,14H2,1-3H3. The summed E-state index contributed by atoms with van der Waals surface area (Å²) in [6.07, 6.45) is 0. The minimum atomic E-state index is -0.421. The van der Waals surface area contributed by atoms with Gasteiger partial charge in [-0.25, -0.2) is 0 Å². The molecule has 4 heteroatoms. The molecule has 0 saturated carbocycles. The average Bonchev–Trinajstić information content (AvgIpc) is 2.21. The van der Waals surface area contributed by atoms with Crippen molar-refractivity contribution in [3.63, 3.8) is 0 Å². The van der Waals surface area contributed by atoms with Crippen molar-refractivity contribution in [1.29, 1.82) is 0 Å². The molecule has 92 valence electrons. The van der Waals surface area contributed by atoms with E-state index in [-0.39, 0.29) is 12.5 Å². The van der Waals surface area contributed by atoms with Gasteiger partial charge in [0.25, 0.3) is 5.91 Å². The van der Waals surface area contributed by atoms with Crippen molar-refractivity contribution >= 4 is 11.6 Å². The Labute approximate surface area is 101 Å². The van der Waals surface area contributed by atoms with Crippen LogP contribution in [0.3, 0.4) is 0 Å². The van der Waals surface area contributed by atoms with Gasteiger partial charge in [0.2, 0.25) is 0 Å². The van der Waals surface area contributed by atoms with E-state index in [0.29, 0.717) is 6.54 Å². The van der Waals surface area contributed by atoms with Crippen LogP contribution in [-0.4, -0.2) is 24.6 Å². The number of ether oxygens (including phenoxy) is 1. The van der Waals surface area contributed by atoms with Gasteiger partial charge in [0, 0.05) is 12.1 Å². The first-order valence-corrected chi connectivity index (χ1v) is 5.69. The normalized spacial score (nSPS) is 15.5. The molecule has 0 atom stereocenters. The molecule has 1 aliphatic rings. The summed E-state index contributed by atoms with van der Waals surface area (Å²) in [5.74, 6) is 0.716. The van der Waals surface area contributed by atoms with E-state index in [1.807, 2.05) is 39.0 Å². The van der Waals surface area contributed by atoms with E-state index in [2.05, 4.69) is 0 Å². The van der Waals surface area contributed by atoms with E-state index < -0.39 is 5.54 Å². The summed E-state index contributed by atoms with van der Waals surface area (Å²) in [4.78, 5) is 13.6. The number of hydrogen-bond acceptors (Lipinski definition) is 3. The molecule has 1 aromatic carbocycles. The summed E-state index contributed by atoms with van der Waals surface area (Å²) in [5.41, 5.74) is 7.49. The lowest BCUT2D eigenvalue weighted by atomic mass is 10.0. The van der Waals surface area contributed by atoms with Gasteiger partial charge in [-0.15, -0.1) is 0 Å². The molecule has 0 fully saturated rings. The van der Waals surface area contributed by atoms with Crippen LogP contribution in [0.25, 0.3) is 0 Å². The maximum absolute atomic E-state index is 11.9. The lowest BCUT2D eigenvalue weighted by Crippen LogP contribution is -2.50.